The number of piperidine rings is 1. The van der Waals surface area contributed by atoms with Gasteiger partial charge in [0.05, 0.1) is 5.52 Å². The average Bonchev–Trinajstić information content (AvgIpc) is 2.68. The zero-order valence-corrected chi connectivity index (χ0v) is 15.7. The molecule has 0 spiro atoms. The van der Waals surface area contributed by atoms with Gasteiger partial charge in [0.1, 0.15) is 0 Å². The third kappa shape index (κ3) is 3.00. The van der Waals surface area contributed by atoms with E-state index in [1.807, 2.05) is 28.8 Å². The number of hydrogen-bond donors (Lipinski definition) is 1. The first-order valence-corrected chi connectivity index (χ1v) is 9.69. The first-order chi connectivity index (χ1) is 13.2. The topological polar surface area (TPSA) is 50.2 Å². The Hall–Kier alpha value is -2.73. The van der Waals surface area contributed by atoms with Crippen LogP contribution in [-0.4, -0.2) is 32.7 Å². The number of hydrogen-bond acceptors (Lipinski definition) is 3. The molecular formula is C21H20N4OS. The van der Waals surface area contributed by atoms with E-state index in [0.29, 0.717) is 11.8 Å². The summed E-state index contributed by atoms with van der Waals surface area (Å²) in [5, 5.41) is 5.23. The van der Waals surface area contributed by atoms with Crippen LogP contribution in [0.4, 0.5) is 5.69 Å². The molecule has 0 saturated carbocycles. The molecule has 2 aliphatic rings. The molecule has 1 N–H and O–H groups in total. The molecule has 2 bridgehead atoms. The molecule has 5 rings (SSSR count). The van der Waals surface area contributed by atoms with Gasteiger partial charge < -0.3 is 14.8 Å². The number of benzene rings is 1. The maximum atomic E-state index is 12.2. The molecular weight excluding hydrogens is 356 g/mol. The number of pyridine rings is 2. The van der Waals surface area contributed by atoms with E-state index in [1.165, 1.54) is 0 Å². The average molecular weight is 376 g/mol. The smallest absolute Gasteiger partial charge is 0.250 e. The highest BCUT2D eigenvalue weighted by molar-refractivity contribution is 7.80. The van der Waals surface area contributed by atoms with Gasteiger partial charge in [0, 0.05) is 54.6 Å². The number of nitrogens with one attached hydrogen (secondary N) is 1. The molecule has 0 amide bonds. The Bertz CT molecular complexity index is 1090. The number of likely N-dealkylation sites (tertiary alicyclic amines) is 1. The van der Waals surface area contributed by atoms with Crippen LogP contribution < -0.4 is 10.9 Å². The molecule has 1 aromatic carbocycles. The molecule has 136 valence electrons. The van der Waals surface area contributed by atoms with E-state index in [1.54, 1.807) is 12.3 Å². The van der Waals surface area contributed by atoms with Crippen LogP contribution in [0, 0.1) is 5.92 Å². The predicted octanol–water partition coefficient (Wildman–Crippen LogP) is 3.21. The third-order valence-corrected chi connectivity index (χ3v) is 5.98. The lowest BCUT2D eigenvalue weighted by molar-refractivity contribution is 0.180. The number of nitrogens with zero attached hydrogens (tertiary/aromatic N) is 3. The van der Waals surface area contributed by atoms with Crippen molar-refractivity contribution >= 4 is 33.9 Å². The van der Waals surface area contributed by atoms with Crippen LogP contribution >= 0.6 is 12.2 Å². The molecule has 0 radical (unpaired) electrons. The summed E-state index contributed by atoms with van der Waals surface area (Å²) in [6.45, 7) is 2.52. The number of aromatic nitrogens is 2. The fraction of sp³-hybridized carbons (Fsp3) is 0.286. The van der Waals surface area contributed by atoms with Gasteiger partial charge >= 0.3 is 0 Å². The van der Waals surface area contributed by atoms with Crippen molar-refractivity contribution < 1.29 is 0 Å². The minimum atomic E-state index is 0.112. The van der Waals surface area contributed by atoms with Gasteiger partial charge in [0.15, 0.2) is 5.11 Å². The summed E-state index contributed by atoms with van der Waals surface area (Å²) < 4.78 is 1.95. The minimum absolute atomic E-state index is 0.112. The zero-order valence-electron chi connectivity index (χ0n) is 14.8. The minimum Gasteiger partial charge on any atom is -0.348 e. The SMILES string of the molecule is O=c1cccc2n1CC1CC2CN(C(=S)Nc2ccc3ncccc3c2)C1. The summed E-state index contributed by atoms with van der Waals surface area (Å²) in [6, 6.07) is 15.7. The molecule has 2 aliphatic heterocycles. The van der Waals surface area contributed by atoms with E-state index in [-0.39, 0.29) is 5.56 Å². The maximum absolute atomic E-state index is 12.2. The number of rotatable bonds is 1. The fourth-order valence-corrected chi connectivity index (χ4v) is 4.69. The van der Waals surface area contributed by atoms with Crippen LogP contribution in [0.2, 0.25) is 0 Å². The Kier molecular flexibility index (Phi) is 3.93. The molecule has 6 heteroatoms. The predicted molar refractivity (Wildman–Crippen MR) is 111 cm³/mol. The fourth-order valence-electron chi connectivity index (χ4n) is 4.42. The molecule has 2 atom stereocenters. The first-order valence-electron chi connectivity index (χ1n) is 9.28. The summed E-state index contributed by atoms with van der Waals surface area (Å²) in [5.74, 6) is 0.809. The highest BCUT2D eigenvalue weighted by Gasteiger charge is 2.35. The molecule has 0 aliphatic carbocycles. The van der Waals surface area contributed by atoms with Crippen molar-refractivity contribution in [1.29, 1.82) is 0 Å². The van der Waals surface area contributed by atoms with Gasteiger partial charge in [-0.05, 0) is 54.9 Å². The summed E-state index contributed by atoms with van der Waals surface area (Å²) in [5.41, 5.74) is 3.21. The zero-order chi connectivity index (χ0) is 18.4. The van der Waals surface area contributed by atoms with Crippen LogP contribution in [0.5, 0.6) is 0 Å². The van der Waals surface area contributed by atoms with Crippen molar-refractivity contribution in [2.45, 2.75) is 18.9 Å². The van der Waals surface area contributed by atoms with Crippen LogP contribution in [0.25, 0.3) is 10.9 Å². The number of thiocarbonyl (C=S) groups is 1. The highest BCUT2D eigenvalue weighted by atomic mass is 32.1. The lowest BCUT2D eigenvalue weighted by Crippen LogP contribution is -2.50. The van der Waals surface area contributed by atoms with E-state index in [2.05, 4.69) is 33.4 Å². The first kappa shape index (κ1) is 16.4. The lowest BCUT2D eigenvalue weighted by Gasteiger charge is -2.43. The summed E-state index contributed by atoms with van der Waals surface area (Å²) in [7, 11) is 0. The quantitative estimate of drug-likeness (QED) is 0.661. The third-order valence-electron chi connectivity index (χ3n) is 5.62. The van der Waals surface area contributed by atoms with Gasteiger partial charge in [-0.1, -0.05) is 12.1 Å². The van der Waals surface area contributed by atoms with Crippen molar-refractivity contribution in [3.8, 4) is 0 Å². The van der Waals surface area contributed by atoms with Gasteiger partial charge in [-0.2, -0.15) is 0 Å². The molecule has 1 saturated heterocycles. The van der Waals surface area contributed by atoms with Gasteiger partial charge in [0.25, 0.3) is 5.56 Å². The highest BCUT2D eigenvalue weighted by Crippen LogP contribution is 2.35. The summed E-state index contributed by atoms with van der Waals surface area (Å²) >= 11 is 5.71. The van der Waals surface area contributed by atoms with Crippen LogP contribution in [0.15, 0.2) is 59.5 Å². The Balaban J connectivity index is 1.36. The second-order valence-electron chi connectivity index (χ2n) is 7.44. The Labute approximate surface area is 162 Å². The molecule has 27 heavy (non-hydrogen) atoms. The summed E-state index contributed by atoms with van der Waals surface area (Å²) in [4.78, 5) is 18.8. The van der Waals surface area contributed by atoms with Gasteiger partial charge in [-0.3, -0.25) is 9.78 Å². The monoisotopic (exact) mass is 376 g/mol. The Morgan fingerprint density at radius 2 is 2.04 bits per heavy atom. The maximum Gasteiger partial charge on any atom is 0.250 e. The van der Waals surface area contributed by atoms with Gasteiger partial charge in [0.2, 0.25) is 0 Å². The van der Waals surface area contributed by atoms with Crippen molar-refractivity contribution in [1.82, 2.24) is 14.5 Å². The van der Waals surface area contributed by atoms with E-state index < -0.39 is 0 Å². The number of fused-ring (bicyclic) bond motifs is 5. The van der Waals surface area contributed by atoms with Crippen molar-refractivity contribution in [2.24, 2.45) is 5.92 Å². The van der Waals surface area contributed by atoms with Crippen LogP contribution in [0.1, 0.15) is 18.0 Å². The Morgan fingerprint density at radius 3 is 2.96 bits per heavy atom. The molecule has 2 aromatic heterocycles. The molecule has 4 heterocycles. The standard InChI is InChI=1S/C21H20N4OS/c26-20-5-1-4-19-16-9-14(12-25(19)20)11-24(13-16)21(27)23-17-6-7-18-15(10-17)3-2-8-22-18/h1-8,10,14,16H,9,11-13H2,(H,23,27). The molecule has 5 nitrogen and oxygen atoms in total. The van der Waals surface area contributed by atoms with Crippen molar-refractivity contribution in [2.75, 3.05) is 18.4 Å². The second kappa shape index (κ2) is 6.46. The number of anilines is 1. The van der Waals surface area contributed by atoms with Crippen LogP contribution in [0.3, 0.4) is 0 Å². The van der Waals surface area contributed by atoms with Crippen molar-refractivity contribution in [3.63, 3.8) is 0 Å². The second-order valence-corrected chi connectivity index (χ2v) is 7.83. The molecule has 3 aromatic rings. The summed E-state index contributed by atoms with van der Waals surface area (Å²) in [6.07, 6.45) is 2.93. The van der Waals surface area contributed by atoms with E-state index in [4.69, 9.17) is 12.2 Å². The van der Waals surface area contributed by atoms with Crippen molar-refractivity contribution in [3.05, 3.63) is 70.8 Å². The Morgan fingerprint density at radius 1 is 1.11 bits per heavy atom. The largest absolute Gasteiger partial charge is 0.348 e. The molecule has 2 unspecified atom stereocenters. The van der Waals surface area contributed by atoms with Gasteiger partial charge in [-0.15, -0.1) is 0 Å². The van der Waals surface area contributed by atoms with E-state index in [9.17, 15) is 4.79 Å². The van der Waals surface area contributed by atoms with E-state index in [0.717, 1.165) is 53.5 Å². The van der Waals surface area contributed by atoms with Crippen LogP contribution in [-0.2, 0) is 6.54 Å². The lowest BCUT2D eigenvalue weighted by atomic mass is 9.83. The van der Waals surface area contributed by atoms with E-state index >= 15 is 0 Å². The normalized spacial score (nSPS) is 21.0. The van der Waals surface area contributed by atoms with Gasteiger partial charge in [-0.25, -0.2) is 0 Å². The molecule has 1 fully saturated rings.